The molecule has 0 rings (SSSR count). The molecule has 10 nitrogen and oxygen atoms in total. The first-order valence-corrected chi connectivity index (χ1v) is 19.9. The van der Waals surface area contributed by atoms with E-state index in [2.05, 4.69) is 19.2 Å². The van der Waals surface area contributed by atoms with Gasteiger partial charge in [-0.05, 0) is 12.8 Å². The van der Waals surface area contributed by atoms with Crippen LogP contribution in [-0.2, 0) is 38.0 Å². The van der Waals surface area contributed by atoms with E-state index in [0.717, 1.165) is 38.5 Å². The fraction of sp³-hybridized carbons (Fsp3) is 0.923. The summed E-state index contributed by atoms with van der Waals surface area (Å²) in [4.78, 5) is 37.2. The summed E-state index contributed by atoms with van der Waals surface area (Å²) >= 11 is 0. The lowest BCUT2D eigenvalue weighted by Crippen LogP contribution is -2.34. The maximum absolute atomic E-state index is 12.6. The van der Waals surface area contributed by atoms with Gasteiger partial charge in [0.05, 0.1) is 33.0 Å². The Morgan fingerprint density at radius 3 is 1.39 bits per heavy atom. The van der Waals surface area contributed by atoms with Gasteiger partial charge < -0.3 is 33.7 Å². The fourth-order valence-electron chi connectivity index (χ4n) is 5.40. The molecule has 0 aromatic rings. The Morgan fingerprint density at radius 2 is 0.898 bits per heavy atom. The van der Waals surface area contributed by atoms with Crippen molar-refractivity contribution in [1.82, 2.24) is 5.32 Å². The summed E-state index contributed by atoms with van der Waals surface area (Å²) in [5.74, 6) is -0.692. The average molecular weight is 702 g/mol. The first-order chi connectivity index (χ1) is 24.0. The molecule has 0 saturated heterocycles. The number of ether oxygens (including phenoxy) is 6. The van der Waals surface area contributed by atoms with Crippen LogP contribution in [0.5, 0.6) is 0 Å². The van der Waals surface area contributed by atoms with Gasteiger partial charge in [-0.3, -0.25) is 9.59 Å². The number of esters is 2. The lowest BCUT2D eigenvalue weighted by atomic mass is 10.1. The van der Waals surface area contributed by atoms with Gasteiger partial charge in [0.15, 0.2) is 6.10 Å². The van der Waals surface area contributed by atoms with E-state index in [-0.39, 0.29) is 31.7 Å². The van der Waals surface area contributed by atoms with Crippen LogP contribution in [-0.4, -0.2) is 84.0 Å². The molecule has 0 saturated carbocycles. The molecule has 0 spiro atoms. The predicted molar refractivity (Wildman–Crippen MR) is 196 cm³/mol. The van der Waals surface area contributed by atoms with Gasteiger partial charge >= 0.3 is 18.0 Å². The molecule has 0 heterocycles. The van der Waals surface area contributed by atoms with Gasteiger partial charge in [0.1, 0.15) is 13.2 Å². The number of unbranched alkanes of at least 4 members (excludes halogenated alkanes) is 20. The lowest BCUT2D eigenvalue weighted by Gasteiger charge is -2.18. The van der Waals surface area contributed by atoms with Crippen LogP contribution >= 0.6 is 0 Å². The number of alkyl carbamates (subject to hydrolysis) is 1. The number of amides is 1. The summed E-state index contributed by atoms with van der Waals surface area (Å²) in [5, 5.41) is 2.61. The van der Waals surface area contributed by atoms with E-state index in [4.69, 9.17) is 28.4 Å². The SMILES string of the molecule is CCCCCCCCCCCCCC(=O)OCC(COC(=O)NCCOCCOCCOC)OC(=O)CCCCCCCCCCCCC. The van der Waals surface area contributed by atoms with Gasteiger partial charge in [-0.2, -0.15) is 0 Å². The van der Waals surface area contributed by atoms with E-state index in [9.17, 15) is 14.4 Å². The second-order valence-corrected chi connectivity index (χ2v) is 13.1. The van der Waals surface area contributed by atoms with Crippen molar-refractivity contribution in [3.63, 3.8) is 0 Å². The Kier molecular flexibility index (Phi) is 37.4. The highest BCUT2D eigenvalue weighted by Crippen LogP contribution is 2.14. The predicted octanol–water partition coefficient (Wildman–Crippen LogP) is 9.25. The van der Waals surface area contributed by atoms with Crippen LogP contribution in [0.1, 0.15) is 168 Å². The zero-order valence-electron chi connectivity index (χ0n) is 31.9. The van der Waals surface area contributed by atoms with Crippen LogP contribution in [0.15, 0.2) is 0 Å². The molecule has 0 aliphatic carbocycles. The number of carbonyl (C=O) groups excluding carboxylic acids is 3. The van der Waals surface area contributed by atoms with Crippen LogP contribution in [0, 0.1) is 0 Å². The zero-order chi connectivity index (χ0) is 35.9. The molecule has 0 aliphatic heterocycles. The topological polar surface area (TPSA) is 119 Å². The number of nitrogens with one attached hydrogen (secondary N) is 1. The summed E-state index contributed by atoms with van der Waals surface area (Å²) in [7, 11) is 1.61. The molecule has 290 valence electrons. The van der Waals surface area contributed by atoms with Crippen molar-refractivity contribution in [3.8, 4) is 0 Å². The highest BCUT2D eigenvalue weighted by molar-refractivity contribution is 5.70. The van der Waals surface area contributed by atoms with Gasteiger partial charge in [-0.25, -0.2) is 4.79 Å². The van der Waals surface area contributed by atoms with Crippen molar-refractivity contribution < 1.29 is 42.8 Å². The third kappa shape index (κ3) is 37.2. The Labute approximate surface area is 299 Å². The summed E-state index contributed by atoms with van der Waals surface area (Å²) < 4.78 is 31.9. The Hall–Kier alpha value is -1.91. The Balaban J connectivity index is 4.33. The molecule has 49 heavy (non-hydrogen) atoms. The Bertz CT molecular complexity index is 737. The maximum atomic E-state index is 12.6. The molecule has 0 aromatic heterocycles. The number of carbonyl (C=O) groups is 3. The minimum Gasteiger partial charge on any atom is -0.462 e. The largest absolute Gasteiger partial charge is 0.462 e. The maximum Gasteiger partial charge on any atom is 0.407 e. The first kappa shape index (κ1) is 47.1. The highest BCUT2D eigenvalue weighted by atomic mass is 16.6. The summed E-state index contributed by atoms with van der Waals surface area (Å²) in [5.41, 5.74) is 0. The third-order valence-electron chi connectivity index (χ3n) is 8.42. The van der Waals surface area contributed by atoms with Crippen molar-refractivity contribution in [3.05, 3.63) is 0 Å². The molecule has 1 amide bonds. The van der Waals surface area contributed by atoms with Crippen LogP contribution in [0.3, 0.4) is 0 Å². The lowest BCUT2D eigenvalue weighted by molar-refractivity contribution is -0.161. The van der Waals surface area contributed by atoms with E-state index < -0.39 is 12.2 Å². The summed E-state index contributed by atoms with van der Waals surface area (Å²) in [6.45, 7) is 6.58. The fourth-order valence-corrected chi connectivity index (χ4v) is 5.40. The molecule has 0 bridgehead atoms. The molecule has 0 fully saturated rings. The average Bonchev–Trinajstić information content (AvgIpc) is 3.10. The molecule has 1 N–H and O–H groups in total. The number of hydrogen-bond acceptors (Lipinski definition) is 9. The Morgan fingerprint density at radius 1 is 0.490 bits per heavy atom. The molecule has 1 unspecified atom stereocenters. The van der Waals surface area contributed by atoms with Crippen LogP contribution in [0.25, 0.3) is 0 Å². The van der Waals surface area contributed by atoms with E-state index >= 15 is 0 Å². The minimum atomic E-state index is -0.854. The van der Waals surface area contributed by atoms with Gasteiger partial charge in [-0.15, -0.1) is 0 Å². The van der Waals surface area contributed by atoms with E-state index in [1.807, 2.05) is 0 Å². The van der Waals surface area contributed by atoms with Gasteiger partial charge in [0.2, 0.25) is 0 Å². The molecule has 0 radical (unpaired) electrons. The van der Waals surface area contributed by atoms with E-state index in [1.165, 1.54) is 103 Å². The van der Waals surface area contributed by atoms with Crippen molar-refractivity contribution in [2.24, 2.45) is 0 Å². The molecule has 0 aliphatic rings. The second-order valence-electron chi connectivity index (χ2n) is 13.1. The number of methoxy groups -OCH3 is 1. The highest BCUT2D eigenvalue weighted by Gasteiger charge is 2.19. The van der Waals surface area contributed by atoms with Crippen molar-refractivity contribution in [2.75, 3.05) is 59.9 Å². The monoisotopic (exact) mass is 702 g/mol. The van der Waals surface area contributed by atoms with E-state index in [1.54, 1.807) is 7.11 Å². The number of rotatable bonds is 38. The van der Waals surface area contributed by atoms with Crippen LogP contribution in [0.2, 0.25) is 0 Å². The molecule has 1 atom stereocenters. The summed E-state index contributed by atoms with van der Waals surface area (Å²) in [6.07, 6.45) is 25.6. The molecular weight excluding hydrogens is 626 g/mol. The first-order valence-electron chi connectivity index (χ1n) is 19.9. The van der Waals surface area contributed by atoms with E-state index in [0.29, 0.717) is 45.9 Å². The zero-order valence-corrected chi connectivity index (χ0v) is 31.9. The molecule has 10 heteroatoms. The normalized spacial score (nSPS) is 11.7. The van der Waals surface area contributed by atoms with Gasteiger partial charge in [-0.1, -0.05) is 142 Å². The van der Waals surface area contributed by atoms with Crippen molar-refractivity contribution in [1.29, 1.82) is 0 Å². The number of hydrogen-bond donors (Lipinski definition) is 1. The van der Waals surface area contributed by atoms with Crippen LogP contribution in [0.4, 0.5) is 4.79 Å². The molecular formula is C39H75NO9. The van der Waals surface area contributed by atoms with Gasteiger partial charge in [0.25, 0.3) is 0 Å². The molecule has 0 aromatic carbocycles. The van der Waals surface area contributed by atoms with Crippen molar-refractivity contribution in [2.45, 2.75) is 174 Å². The van der Waals surface area contributed by atoms with Crippen molar-refractivity contribution >= 4 is 18.0 Å². The van der Waals surface area contributed by atoms with Crippen LogP contribution < -0.4 is 5.32 Å². The second kappa shape index (κ2) is 38.9. The van der Waals surface area contributed by atoms with Gasteiger partial charge in [0, 0.05) is 26.5 Å². The quantitative estimate of drug-likeness (QED) is 0.0382. The minimum absolute atomic E-state index is 0.139. The standard InChI is InChI=1S/C39H75NO9/c1-4-6-8-10-12-14-16-18-20-22-24-26-37(41)47-34-36(35-48-39(43)40-28-29-45-32-33-46-31-30-44-3)49-38(42)27-25-23-21-19-17-15-13-11-9-7-5-2/h36H,4-35H2,1-3H3,(H,40,43). The smallest absolute Gasteiger partial charge is 0.407 e. The summed E-state index contributed by atoms with van der Waals surface area (Å²) in [6, 6.07) is 0. The third-order valence-corrected chi connectivity index (χ3v) is 8.42.